The van der Waals surface area contributed by atoms with Crippen molar-refractivity contribution in [3.05, 3.63) is 18.6 Å². The summed E-state index contributed by atoms with van der Waals surface area (Å²) in [6.07, 6.45) is 7.08. The number of nitrogens with one attached hydrogen (secondary N) is 1. The first-order valence-corrected chi connectivity index (χ1v) is 6.96. The second-order valence-corrected chi connectivity index (χ2v) is 5.00. The smallest absolute Gasteiger partial charge is 0.154 e. The van der Waals surface area contributed by atoms with E-state index in [0.29, 0.717) is 5.92 Å². The number of hydrogen-bond donors (Lipinski definition) is 2. The van der Waals surface area contributed by atoms with E-state index < -0.39 is 0 Å². The van der Waals surface area contributed by atoms with Gasteiger partial charge in [-0.3, -0.25) is 0 Å². The van der Waals surface area contributed by atoms with Crippen molar-refractivity contribution in [3.8, 4) is 0 Å². The maximum absolute atomic E-state index is 5.66. The first kappa shape index (κ1) is 13.8. The fraction of sp³-hybridized carbons (Fsp3) is 0.571. The molecule has 3 N–H and O–H groups in total. The molecule has 2 aromatic rings. The van der Waals surface area contributed by atoms with Gasteiger partial charge in [0.15, 0.2) is 5.82 Å². The Morgan fingerprint density at radius 2 is 2.21 bits per heavy atom. The molecule has 104 valence electrons. The van der Waals surface area contributed by atoms with E-state index in [0.717, 1.165) is 36.4 Å². The molecule has 1 atom stereocenters. The fourth-order valence-corrected chi connectivity index (χ4v) is 2.43. The average Bonchev–Trinajstić information content (AvgIpc) is 2.79. The fourth-order valence-electron chi connectivity index (χ4n) is 2.43. The highest BCUT2D eigenvalue weighted by atomic mass is 15.1. The van der Waals surface area contributed by atoms with Crippen molar-refractivity contribution in [3.63, 3.8) is 0 Å². The molecule has 0 saturated carbocycles. The highest BCUT2D eigenvalue weighted by Crippen LogP contribution is 2.19. The topological polar surface area (TPSA) is 68.8 Å². The van der Waals surface area contributed by atoms with Crippen LogP contribution >= 0.6 is 0 Å². The third-order valence-corrected chi connectivity index (χ3v) is 3.47. The van der Waals surface area contributed by atoms with Crippen LogP contribution in [0, 0.1) is 5.92 Å². The lowest BCUT2D eigenvalue weighted by atomic mass is 10.00. The zero-order valence-corrected chi connectivity index (χ0v) is 11.8. The van der Waals surface area contributed by atoms with Gasteiger partial charge in [0.25, 0.3) is 0 Å². The molecule has 0 fully saturated rings. The molecule has 2 rings (SSSR count). The molecule has 5 nitrogen and oxygen atoms in total. The number of anilines is 1. The van der Waals surface area contributed by atoms with Crippen LogP contribution in [0.15, 0.2) is 18.6 Å². The van der Waals surface area contributed by atoms with Gasteiger partial charge in [0, 0.05) is 19.8 Å². The van der Waals surface area contributed by atoms with Crippen LogP contribution in [0.5, 0.6) is 0 Å². The molecule has 1 unspecified atom stereocenters. The summed E-state index contributed by atoms with van der Waals surface area (Å²) in [5, 5.41) is 3.43. The maximum Gasteiger partial charge on any atom is 0.154 e. The van der Waals surface area contributed by atoms with E-state index in [1.807, 2.05) is 30.2 Å². The van der Waals surface area contributed by atoms with E-state index in [9.17, 15) is 0 Å². The Hall–Kier alpha value is -1.62. The maximum atomic E-state index is 5.66. The molecule has 0 aliphatic rings. The van der Waals surface area contributed by atoms with Crippen LogP contribution in [0.25, 0.3) is 11.0 Å². The summed E-state index contributed by atoms with van der Waals surface area (Å²) < 4.78 is 2.01. The van der Waals surface area contributed by atoms with Crippen LogP contribution < -0.4 is 11.1 Å². The molecule has 0 saturated heterocycles. The van der Waals surface area contributed by atoms with E-state index in [1.54, 1.807) is 0 Å². The standard InChI is InChI=1S/C14H23N5/c1-3-4-11(5-7-15)9-17-14-13-12(6-8-16-14)19(2)10-18-13/h6,8,10-11H,3-5,7,9,15H2,1-2H3,(H,16,17). The second kappa shape index (κ2) is 6.52. The van der Waals surface area contributed by atoms with Crippen molar-refractivity contribution in [1.82, 2.24) is 14.5 Å². The summed E-state index contributed by atoms with van der Waals surface area (Å²) in [5.41, 5.74) is 7.70. The molecule has 19 heavy (non-hydrogen) atoms. The van der Waals surface area contributed by atoms with E-state index in [1.165, 1.54) is 12.8 Å². The van der Waals surface area contributed by atoms with Crippen molar-refractivity contribution in [2.75, 3.05) is 18.4 Å². The number of aryl methyl sites for hydroxylation is 1. The summed E-state index contributed by atoms with van der Waals surface area (Å²) in [4.78, 5) is 8.80. The number of fused-ring (bicyclic) bond motifs is 1. The van der Waals surface area contributed by atoms with Crippen molar-refractivity contribution in [2.45, 2.75) is 26.2 Å². The number of nitrogens with two attached hydrogens (primary N) is 1. The normalized spacial score (nSPS) is 12.8. The number of hydrogen-bond acceptors (Lipinski definition) is 4. The number of imidazole rings is 1. The van der Waals surface area contributed by atoms with Crippen molar-refractivity contribution in [1.29, 1.82) is 0 Å². The summed E-state index contributed by atoms with van der Waals surface area (Å²) in [6, 6.07) is 1.98. The van der Waals surface area contributed by atoms with E-state index in [2.05, 4.69) is 22.2 Å². The summed E-state index contributed by atoms with van der Waals surface area (Å²) >= 11 is 0. The predicted molar refractivity (Wildman–Crippen MR) is 79.1 cm³/mol. The third-order valence-electron chi connectivity index (χ3n) is 3.47. The van der Waals surface area contributed by atoms with Crippen LogP contribution in [-0.2, 0) is 7.05 Å². The summed E-state index contributed by atoms with van der Waals surface area (Å²) in [7, 11) is 1.99. The SMILES string of the molecule is CCCC(CCN)CNc1nccc2c1ncn2C. The van der Waals surface area contributed by atoms with Crippen molar-refractivity contribution < 1.29 is 0 Å². The minimum absolute atomic E-state index is 0.607. The van der Waals surface area contributed by atoms with Gasteiger partial charge in [-0.2, -0.15) is 0 Å². The highest BCUT2D eigenvalue weighted by molar-refractivity contribution is 5.85. The molecule has 0 spiro atoms. The Kier molecular flexibility index (Phi) is 4.74. The summed E-state index contributed by atoms with van der Waals surface area (Å²) in [5.74, 6) is 1.48. The number of pyridine rings is 1. The first-order chi connectivity index (χ1) is 9.26. The molecule has 0 radical (unpaired) electrons. The zero-order valence-electron chi connectivity index (χ0n) is 11.8. The average molecular weight is 261 g/mol. The van der Waals surface area contributed by atoms with Gasteiger partial charge < -0.3 is 15.6 Å². The number of rotatable bonds is 7. The Bertz CT molecular complexity index is 514. The monoisotopic (exact) mass is 261 g/mol. The van der Waals surface area contributed by atoms with Gasteiger partial charge in [-0.25, -0.2) is 9.97 Å². The van der Waals surface area contributed by atoms with E-state index in [-0.39, 0.29) is 0 Å². The molecule has 0 bridgehead atoms. The van der Waals surface area contributed by atoms with Crippen LogP contribution in [-0.4, -0.2) is 27.6 Å². The second-order valence-electron chi connectivity index (χ2n) is 5.00. The molecule has 0 amide bonds. The van der Waals surface area contributed by atoms with Crippen LogP contribution in [0.4, 0.5) is 5.82 Å². The lowest BCUT2D eigenvalue weighted by Gasteiger charge is -2.16. The van der Waals surface area contributed by atoms with Crippen LogP contribution in [0.3, 0.4) is 0 Å². The number of aromatic nitrogens is 3. The Labute approximate surface area is 114 Å². The molecule has 2 heterocycles. The summed E-state index contributed by atoms with van der Waals surface area (Å²) in [6.45, 7) is 3.86. The lowest BCUT2D eigenvalue weighted by molar-refractivity contribution is 0.473. The van der Waals surface area contributed by atoms with E-state index >= 15 is 0 Å². The highest BCUT2D eigenvalue weighted by Gasteiger charge is 2.10. The predicted octanol–water partition coefficient (Wildman–Crippen LogP) is 2.15. The zero-order chi connectivity index (χ0) is 13.7. The molecule has 5 heteroatoms. The minimum atomic E-state index is 0.607. The Morgan fingerprint density at radius 1 is 1.37 bits per heavy atom. The van der Waals surface area contributed by atoms with Gasteiger partial charge in [0.05, 0.1) is 11.8 Å². The Morgan fingerprint density at radius 3 is 2.95 bits per heavy atom. The minimum Gasteiger partial charge on any atom is -0.368 e. The quantitative estimate of drug-likeness (QED) is 0.801. The first-order valence-electron chi connectivity index (χ1n) is 6.96. The number of nitrogens with zero attached hydrogens (tertiary/aromatic N) is 3. The Balaban J connectivity index is 2.08. The van der Waals surface area contributed by atoms with E-state index in [4.69, 9.17) is 5.73 Å². The van der Waals surface area contributed by atoms with Gasteiger partial charge in [-0.15, -0.1) is 0 Å². The molecular weight excluding hydrogens is 238 g/mol. The van der Waals surface area contributed by atoms with Gasteiger partial charge in [0.2, 0.25) is 0 Å². The van der Waals surface area contributed by atoms with Gasteiger partial charge in [-0.1, -0.05) is 13.3 Å². The molecular formula is C14H23N5. The largest absolute Gasteiger partial charge is 0.368 e. The third kappa shape index (κ3) is 3.23. The molecule has 0 aliphatic heterocycles. The molecule has 2 aromatic heterocycles. The van der Waals surface area contributed by atoms with Crippen LogP contribution in [0.1, 0.15) is 26.2 Å². The van der Waals surface area contributed by atoms with Gasteiger partial charge in [0.1, 0.15) is 5.52 Å². The van der Waals surface area contributed by atoms with Crippen molar-refractivity contribution >= 4 is 16.9 Å². The van der Waals surface area contributed by atoms with Gasteiger partial charge in [-0.05, 0) is 31.4 Å². The van der Waals surface area contributed by atoms with Crippen molar-refractivity contribution in [2.24, 2.45) is 18.7 Å². The van der Waals surface area contributed by atoms with Gasteiger partial charge >= 0.3 is 0 Å². The molecule has 0 aromatic carbocycles. The lowest BCUT2D eigenvalue weighted by Crippen LogP contribution is -2.18. The van der Waals surface area contributed by atoms with Crippen LogP contribution in [0.2, 0.25) is 0 Å². The molecule has 0 aliphatic carbocycles.